The average molecular weight is 387 g/mol. The van der Waals surface area contributed by atoms with E-state index in [9.17, 15) is 4.79 Å². The van der Waals surface area contributed by atoms with Crippen LogP contribution in [0.5, 0.6) is 5.75 Å². The van der Waals surface area contributed by atoms with E-state index < -0.39 is 0 Å². The molecule has 0 unspecified atom stereocenters. The van der Waals surface area contributed by atoms with Gasteiger partial charge in [0.25, 0.3) is 5.91 Å². The molecule has 1 saturated heterocycles. The van der Waals surface area contributed by atoms with Gasteiger partial charge in [0, 0.05) is 31.1 Å². The minimum atomic E-state index is 0. The molecular formula is C22H27ClN2O2. The smallest absolute Gasteiger partial charge is 0.255 e. The molecule has 2 aliphatic heterocycles. The monoisotopic (exact) mass is 386 g/mol. The number of amides is 1. The lowest BCUT2D eigenvalue weighted by molar-refractivity contribution is 0.0629. The first-order chi connectivity index (χ1) is 12.6. The standard InChI is InChI=1S/C22H26N2O2.ClH/c1-4-15-8-14(2)21-18(10-15)19-11-23-12-20(19)24(22(21)25)13-16-6-5-7-17(9-16)26-3;/h5-10,19-20,23H,4,11-13H2,1-3H3;1H/t19-,20+;/m0./s1. The molecule has 2 atom stereocenters. The van der Waals surface area contributed by atoms with Gasteiger partial charge in [0.1, 0.15) is 5.75 Å². The SMILES string of the molecule is CCc1cc(C)c2c(c1)[C@@H]1CNC[C@H]1N(Cc1cccc(OC)c1)C2=O.Cl. The van der Waals surface area contributed by atoms with Crippen molar-refractivity contribution in [3.8, 4) is 5.75 Å². The fraction of sp³-hybridized carbons (Fsp3) is 0.409. The number of carbonyl (C=O) groups is 1. The van der Waals surface area contributed by atoms with Crippen molar-refractivity contribution >= 4 is 18.3 Å². The van der Waals surface area contributed by atoms with Crippen molar-refractivity contribution < 1.29 is 9.53 Å². The summed E-state index contributed by atoms with van der Waals surface area (Å²) in [4.78, 5) is 15.5. The predicted octanol–water partition coefficient (Wildman–Crippen LogP) is 3.70. The molecule has 27 heavy (non-hydrogen) atoms. The third kappa shape index (κ3) is 3.44. The molecule has 0 radical (unpaired) electrons. The number of rotatable bonds is 4. The van der Waals surface area contributed by atoms with Crippen molar-refractivity contribution in [2.75, 3.05) is 20.2 Å². The summed E-state index contributed by atoms with van der Waals surface area (Å²) < 4.78 is 5.34. The summed E-state index contributed by atoms with van der Waals surface area (Å²) in [6.45, 7) is 6.66. The molecule has 4 nitrogen and oxygen atoms in total. The molecule has 5 heteroatoms. The van der Waals surface area contributed by atoms with Crippen LogP contribution in [-0.4, -0.2) is 37.0 Å². The van der Waals surface area contributed by atoms with Gasteiger partial charge in [-0.3, -0.25) is 4.79 Å². The summed E-state index contributed by atoms with van der Waals surface area (Å²) >= 11 is 0. The van der Waals surface area contributed by atoms with Gasteiger partial charge in [-0.25, -0.2) is 0 Å². The molecule has 0 saturated carbocycles. The van der Waals surface area contributed by atoms with E-state index in [4.69, 9.17) is 4.74 Å². The average Bonchev–Trinajstić information content (AvgIpc) is 3.14. The second kappa shape index (κ2) is 7.91. The topological polar surface area (TPSA) is 41.6 Å². The number of ether oxygens (including phenoxy) is 1. The van der Waals surface area contributed by atoms with E-state index in [1.165, 1.54) is 11.1 Å². The summed E-state index contributed by atoms with van der Waals surface area (Å²) in [5, 5.41) is 3.50. The van der Waals surface area contributed by atoms with Gasteiger partial charge in [0.05, 0.1) is 13.2 Å². The molecule has 144 valence electrons. The van der Waals surface area contributed by atoms with Crippen LogP contribution in [0.2, 0.25) is 0 Å². The maximum absolute atomic E-state index is 13.4. The molecule has 4 rings (SSSR count). The molecule has 2 aromatic rings. The van der Waals surface area contributed by atoms with Gasteiger partial charge in [0.2, 0.25) is 0 Å². The maximum atomic E-state index is 13.4. The number of benzene rings is 2. The van der Waals surface area contributed by atoms with Crippen LogP contribution in [0.4, 0.5) is 0 Å². The third-order valence-corrected chi connectivity index (χ3v) is 5.78. The van der Waals surface area contributed by atoms with E-state index >= 15 is 0 Å². The Balaban J connectivity index is 0.00000210. The van der Waals surface area contributed by atoms with E-state index in [2.05, 4.69) is 42.3 Å². The van der Waals surface area contributed by atoms with Crippen molar-refractivity contribution in [3.05, 3.63) is 64.2 Å². The Morgan fingerprint density at radius 2 is 2.00 bits per heavy atom. The highest BCUT2D eigenvalue weighted by molar-refractivity contribution is 5.99. The Morgan fingerprint density at radius 3 is 2.74 bits per heavy atom. The molecule has 0 spiro atoms. The van der Waals surface area contributed by atoms with Crippen molar-refractivity contribution in [3.63, 3.8) is 0 Å². The first kappa shape index (κ1) is 19.7. The van der Waals surface area contributed by atoms with Gasteiger partial charge in [-0.1, -0.05) is 31.2 Å². The van der Waals surface area contributed by atoms with Crippen LogP contribution in [0.15, 0.2) is 36.4 Å². The molecule has 0 bridgehead atoms. The van der Waals surface area contributed by atoms with Crippen LogP contribution in [0.3, 0.4) is 0 Å². The van der Waals surface area contributed by atoms with Gasteiger partial charge >= 0.3 is 0 Å². The zero-order valence-electron chi connectivity index (χ0n) is 16.1. The highest BCUT2D eigenvalue weighted by atomic mass is 35.5. The van der Waals surface area contributed by atoms with Gasteiger partial charge in [-0.05, 0) is 47.7 Å². The number of aryl methyl sites for hydroxylation is 2. The second-order valence-corrected chi connectivity index (χ2v) is 7.35. The van der Waals surface area contributed by atoms with Crippen LogP contribution in [-0.2, 0) is 13.0 Å². The summed E-state index contributed by atoms with van der Waals surface area (Å²) in [6.07, 6.45) is 1.00. The molecule has 0 aromatic heterocycles. The summed E-state index contributed by atoms with van der Waals surface area (Å²) in [5.74, 6) is 1.36. The van der Waals surface area contributed by atoms with Gasteiger partial charge < -0.3 is 15.0 Å². The minimum absolute atomic E-state index is 0. The zero-order chi connectivity index (χ0) is 18.3. The first-order valence-electron chi connectivity index (χ1n) is 9.40. The van der Waals surface area contributed by atoms with E-state index in [0.29, 0.717) is 12.5 Å². The predicted molar refractivity (Wildman–Crippen MR) is 110 cm³/mol. The maximum Gasteiger partial charge on any atom is 0.255 e. The molecule has 1 N–H and O–H groups in total. The third-order valence-electron chi connectivity index (χ3n) is 5.78. The summed E-state index contributed by atoms with van der Waals surface area (Å²) in [5.41, 5.74) is 5.68. The Bertz CT molecular complexity index is 852. The largest absolute Gasteiger partial charge is 0.497 e. The Kier molecular flexibility index (Phi) is 5.78. The lowest BCUT2D eigenvalue weighted by Gasteiger charge is -2.39. The van der Waals surface area contributed by atoms with Crippen molar-refractivity contribution in [1.29, 1.82) is 0 Å². The zero-order valence-corrected chi connectivity index (χ0v) is 16.9. The summed E-state index contributed by atoms with van der Waals surface area (Å²) in [6, 6.07) is 12.7. The van der Waals surface area contributed by atoms with E-state index in [1.54, 1.807) is 7.11 Å². The number of hydrogen-bond donors (Lipinski definition) is 1. The highest BCUT2D eigenvalue weighted by Crippen LogP contribution is 2.38. The number of methoxy groups -OCH3 is 1. The van der Waals surface area contributed by atoms with E-state index in [-0.39, 0.29) is 24.4 Å². The van der Waals surface area contributed by atoms with Gasteiger partial charge in [-0.15, -0.1) is 12.4 Å². The van der Waals surface area contributed by atoms with Crippen LogP contribution in [0.25, 0.3) is 0 Å². The van der Waals surface area contributed by atoms with Crippen molar-refractivity contribution in [2.24, 2.45) is 0 Å². The first-order valence-corrected chi connectivity index (χ1v) is 9.40. The Morgan fingerprint density at radius 1 is 1.19 bits per heavy atom. The van der Waals surface area contributed by atoms with Gasteiger partial charge in [0.15, 0.2) is 0 Å². The molecule has 1 fully saturated rings. The fourth-order valence-corrected chi connectivity index (χ4v) is 4.44. The van der Waals surface area contributed by atoms with Crippen LogP contribution >= 0.6 is 12.4 Å². The quantitative estimate of drug-likeness (QED) is 0.871. The molecular weight excluding hydrogens is 360 g/mol. The summed E-state index contributed by atoms with van der Waals surface area (Å²) in [7, 11) is 1.67. The molecule has 0 aliphatic carbocycles. The highest BCUT2D eigenvalue weighted by Gasteiger charge is 2.43. The normalized spacial score (nSPS) is 20.7. The molecule has 1 amide bonds. The van der Waals surface area contributed by atoms with Crippen molar-refractivity contribution in [2.45, 2.75) is 38.8 Å². The number of carbonyl (C=O) groups excluding carboxylic acids is 1. The Labute approximate surface area is 167 Å². The van der Waals surface area contributed by atoms with E-state index in [0.717, 1.165) is 42.0 Å². The van der Waals surface area contributed by atoms with Crippen molar-refractivity contribution in [1.82, 2.24) is 10.2 Å². The number of fused-ring (bicyclic) bond motifs is 3. The van der Waals surface area contributed by atoms with Crippen LogP contribution in [0.1, 0.15) is 45.5 Å². The lowest BCUT2D eigenvalue weighted by Crippen LogP contribution is -2.48. The fourth-order valence-electron chi connectivity index (χ4n) is 4.44. The van der Waals surface area contributed by atoms with Crippen LogP contribution < -0.4 is 10.1 Å². The Hall–Kier alpha value is -2.04. The van der Waals surface area contributed by atoms with Crippen LogP contribution in [0, 0.1) is 6.92 Å². The lowest BCUT2D eigenvalue weighted by atomic mass is 9.81. The molecule has 2 aromatic carbocycles. The molecule has 2 aliphatic rings. The number of nitrogens with one attached hydrogen (secondary N) is 1. The minimum Gasteiger partial charge on any atom is -0.497 e. The number of nitrogens with zero attached hydrogens (tertiary/aromatic N) is 1. The number of hydrogen-bond acceptors (Lipinski definition) is 3. The van der Waals surface area contributed by atoms with Gasteiger partial charge in [-0.2, -0.15) is 0 Å². The number of halogens is 1. The second-order valence-electron chi connectivity index (χ2n) is 7.35. The van der Waals surface area contributed by atoms with E-state index in [1.807, 2.05) is 18.2 Å². The molecule has 2 heterocycles.